The first-order valence-corrected chi connectivity index (χ1v) is 10.1. The lowest BCUT2D eigenvalue weighted by molar-refractivity contribution is -0.266. The summed E-state index contributed by atoms with van der Waals surface area (Å²) in [4.78, 5) is 51.1. The van der Waals surface area contributed by atoms with E-state index in [1.165, 1.54) is 41.0 Å². The van der Waals surface area contributed by atoms with Crippen LogP contribution in [-0.4, -0.2) is 74.5 Å². The first kappa shape index (κ1) is 25.8. The van der Waals surface area contributed by atoms with Gasteiger partial charge in [0.15, 0.2) is 18.2 Å². The van der Waals surface area contributed by atoms with Crippen LogP contribution in [0.1, 0.15) is 33.3 Å². The van der Waals surface area contributed by atoms with E-state index in [0.717, 1.165) is 0 Å². The fraction of sp³-hybridized carbons (Fsp3) is 0.500. The van der Waals surface area contributed by atoms with Crippen molar-refractivity contribution >= 4 is 30.1 Å². The van der Waals surface area contributed by atoms with Crippen molar-refractivity contribution in [1.29, 1.82) is 0 Å². The van der Waals surface area contributed by atoms with Gasteiger partial charge in [0, 0.05) is 33.9 Å². The van der Waals surface area contributed by atoms with Crippen molar-refractivity contribution < 1.29 is 47.6 Å². The first-order valence-electron chi connectivity index (χ1n) is 10.1. The third kappa shape index (κ3) is 7.86. The van der Waals surface area contributed by atoms with Gasteiger partial charge >= 0.3 is 23.9 Å². The molecular formula is C22H27NO10. The standard InChI is InChI=1S/C22H27NO10/c1-12(24)29-11-18-20(30-13(2)25)21(31-14(3)26)19(22(33-18)32-15(4)27)23-10-16-6-8-17(28-5)9-7-16/h6-10,18-22H,11H2,1-5H3/t18-,19-,20+,21+,22+/m0/s1. The summed E-state index contributed by atoms with van der Waals surface area (Å²) in [5, 5.41) is 0. The molecule has 2 rings (SSSR count). The highest BCUT2D eigenvalue weighted by Crippen LogP contribution is 2.30. The molecule has 33 heavy (non-hydrogen) atoms. The Bertz CT molecular complexity index is 882. The molecule has 0 unspecified atom stereocenters. The number of carbonyl (C=O) groups is 4. The first-order chi connectivity index (χ1) is 15.6. The SMILES string of the molecule is COc1ccc(C=N[C@@H]2[C@H](OC(C)=O)O[C@@H](COC(C)=O)[C@@H](OC(C)=O)[C@@H]2OC(C)=O)cc1. The second-order valence-electron chi connectivity index (χ2n) is 7.14. The molecule has 180 valence electrons. The summed E-state index contributed by atoms with van der Waals surface area (Å²) in [5.74, 6) is -2.00. The monoisotopic (exact) mass is 465 g/mol. The highest BCUT2D eigenvalue weighted by atomic mass is 16.7. The van der Waals surface area contributed by atoms with Crippen molar-refractivity contribution in [3.63, 3.8) is 0 Å². The van der Waals surface area contributed by atoms with E-state index < -0.39 is 54.5 Å². The summed E-state index contributed by atoms with van der Waals surface area (Å²) >= 11 is 0. The zero-order chi connectivity index (χ0) is 24.5. The number of hydrogen-bond donors (Lipinski definition) is 0. The zero-order valence-electron chi connectivity index (χ0n) is 19.0. The molecule has 1 aliphatic heterocycles. The smallest absolute Gasteiger partial charge is 0.305 e. The number of ether oxygens (including phenoxy) is 6. The van der Waals surface area contributed by atoms with Crippen LogP contribution >= 0.6 is 0 Å². The van der Waals surface area contributed by atoms with E-state index in [0.29, 0.717) is 11.3 Å². The molecule has 0 spiro atoms. The van der Waals surface area contributed by atoms with Crippen LogP contribution in [0.5, 0.6) is 5.75 Å². The molecule has 1 aliphatic rings. The number of nitrogens with zero attached hydrogens (tertiary/aromatic N) is 1. The summed E-state index contributed by atoms with van der Waals surface area (Å²) in [6.45, 7) is 4.37. The van der Waals surface area contributed by atoms with Gasteiger partial charge in [-0.15, -0.1) is 0 Å². The van der Waals surface area contributed by atoms with Crippen LogP contribution in [-0.2, 0) is 42.9 Å². The maximum absolute atomic E-state index is 11.9. The molecule has 1 fully saturated rings. The normalized spacial score (nSPS) is 24.6. The molecule has 1 heterocycles. The lowest BCUT2D eigenvalue weighted by Gasteiger charge is -2.42. The van der Waals surface area contributed by atoms with E-state index in [-0.39, 0.29) is 6.61 Å². The molecule has 0 aromatic heterocycles. The minimum absolute atomic E-state index is 0.336. The second kappa shape index (κ2) is 12.0. The van der Waals surface area contributed by atoms with Crippen molar-refractivity contribution in [2.75, 3.05) is 13.7 Å². The molecule has 1 aromatic carbocycles. The number of hydrogen-bond acceptors (Lipinski definition) is 11. The van der Waals surface area contributed by atoms with Crippen LogP contribution in [0.3, 0.4) is 0 Å². The Morgan fingerprint density at radius 3 is 1.97 bits per heavy atom. The molecule has 0 N–H and O–H groups in total. The Labute approximate surface area is 190 Å². The fourth-order valence-electron chi connectivity index (χ4n) is 3.17. The molecule has 0 radical (unpaired) electrons. The summed E-state index contributed by atoms with van der Waals surface area (Å²) in [6, 6.07) is 5.84. The summed E-state index contributed by atoms with van der Waals surface area (Å²) in [5.41, 5.74) is 0.671. The second-order valence-corrected chi connectivity index (χ2v) is 7.14. The molecule has 0 aliphatic carbocycles. The largest absolute Gasteiger partial charge is 0.497 e. The molecule has 1 aromatic rings. The zero-order valence-corrected chi connectivity index (χ0v) is 19.0. The lowest BCUT2D eigenvalue weighted by Crippen LogP contribution is -2.61. The van der Waals surface area contributed by atoms with E-state index in [1.807, 2.05) is 0 Å². The molecular weight excluding hydrogens is 438 g/mol. The highest BCUT2D eigenvalue weighted by molar-refractivity contribution is 5.80. The number of aliphatic imine (C=N–C) groups is 1. The Kier molecular flexibility index (Phi) is 9.34. The quantitative estimate of drug-likeness (QED) is 0.313. The summed E-state index contributed by atoms with van der Waals surface area (Å²) < 4.78 is 32.0. The number of esters is 4. The van der Waals surface area contributed by atoms with Gasteiger partial charge in [0.2, 0.25) is 6.29 Å². The number of rotatable bonds is 8. The van der Waals surface area contributed by atoms with Crippen molar-refractivity contribution in [3.05, 3.63) is 29.8 Å². The van der Waals surface area contributed by atoms with Crippen LogP contribution in [0, 0.1) is 0 Å². The van der Waals surface area contributed by atoms with Crippen LogP contribution in [0.25, 0.3) is 0 Å². The lowest BCUT2D eigenvalue weighted by atomic mass is 9.96. The van der Waals surface area contributed by atoms with Gasteiger partial charge in [-0.05, 0) is 29.8 Å². The number of carbonyl (C=O) groups excluding carboxylic acids is 4. The average molecular weight is 465 g/mol. The summed E-state index contributed by atoms with van der Waals surface area (Å²) in [6.07, 6.45) is -3.31. The molecule has 5 atom stereocenters. The maximum atomic E-state index is 11.9. The number of benzene rings is 1. The van der Waals surface area contributed by atoms with Crippen molar-refractivity contribution in [2.45, 2.75) is 58.3 Å². The van der Waals surface area contributed by atoms with E-state index >= 15 is 0 Å². The summed E-state index contributed by atoms with van der Waals surface area (Å²) in [7, 11) is 1.54. The van der Waals surface area contributed by atoms with Crippen molar-refractivity contribution in [2.24, 2.45) is 4.99 Å². The molecule has 0 saturated carbocycles. The predicted octanol–water partition coefficient (Wildman–Crippen LogP) is 1.20. The molecule has 11 heteroatoms. The van der Waals surface area contributed by atoms with Crippen LogP contribution in [0.2, 0.25) is 0 Å². The topological polar surface area (TPSA) is 136 Å². The fourth-order valence-corrected chi connectivity index (χ4v) is 3.17. The number of methoxy groups -OCH3 is 1. The third-order valence-corrected chi connectivity index (χ3v) is 4.46. The van der Waals surface area contributed by atoms with E-state index in [4.69, 9.17) is 28.4 Å². The van der Waals surface area contributed by atoms with Gasteiger partial charge in [0.1, 0.15) is 18.5 Å². The molecule has 11 nitrogen and oxygen atoms in total. The van der Waals surface area contributed by atoms with Gasteiger partial charge in [-0.1, -0.05) is 0 Å². The predicted molar refractivity (Wildman–Crippen MR) is 113 cm³/mol. The Morgan fingerprint density at radius 2 is 1.45 bits per heavy atom. The highest BCUT2D eigenvalue weighted by Gasteiger charge is 2.51. The van der Waals surface area contributed by atoms with Crippen LogP contribution in [0.4, 0.5) is 0 Å². The Hall–Kier alpha value is -3.47. The molecule has 0 amide bonds. The van der Waals surface area contributed by atoms with E-state index in [1.54, 1.807) is 24.3 Å². The van der Waals surface area contributed by atoms with Gasteiger partial charge in [-0.2, -0.15) is 0 Å². The van der Waals surface area contributed by atoms with Crippen LogP contribution < -0.4 is 4.74 Å². The minimum atomic E-state index is -1.31. The van der Waals surface area contributed by atoms with Crippen molar-refractivity contribution in [1.82, 2.24) is 0 Å². The molecule has 1 saturated heterocycles. The maximum Gasteiger partial charge on any atom is 0.305 e. The van der Waals surface area contributed by atoms with Gasteiger partial charge in [0.25, 0.3) is 0 Å². The third-order valence-electron chi connectivity index (χ3n) is 4.46. The van der Waals surface area contributed by atoms with E-state index in [2.05, 4.69) is 4.99 Å². The van der Waals surface area contributed by atoms with E-state index in [9.17, 15) is 19.2 Å². The van der Waals surface area contributed by atoms with Gasteiger partial charge in [0.05, 0.1) is 7.11 Å². The average Bonchev–Trinajstić information content (AvgIpc) is 2.73. The minimum Gasteiger partial charge on any atom is -0.497 e. The van der Waals surface area contributed by atoms with Gasteiger partial charge < -0.3 is 28.4 Å². The van der Waals surface area contributed by atoms with Gasteiger partial charge in [-0.25, -0.2) is 0 Å². The molecule has 0 bridgehead atoms. The Morgan fingerprint density at radius 1 is 0.879 bits per heavy atom. The van der Waals surface area contributed by atoms with Gasteiger partial charge in [-0.3, -0.25) is 24.2 Å². The Balaban J connectivity index is 2.45. The van der Waals surface area contributed by atoms with Crippen LogP contribution in [0.15, 0.2) is 29.3 Å². The van der Waals surface area contributed by atoms with Crippen molar-refractivity contribution in [3.8, 4) is 5.75 Å².